The van der Waals surface area contributed by atoms with Gasteiger partial charge in [-0.05, 0) is 6.16 Å². The molecule has 0 aliphatic heterocycles. The van der Waals surface area contributed by atoms with E-state index in [2.05, 4.69) is 39.9 Å². The third kappa shape index (κ3) is 6.09. The largest absolute Gasteiger partial charge is 0.131 e. The molecule has 0 aromatic carbocycles. The Kier molecular flexibility index (Phi) is 4.36. The minimum Gasteiger partial charge on any atom is -0.131 e. The fraction of sp³-hybridized carbons (Fsp3) is 1.00. The van der Waals surface area contributed by atoms with Crippen molar-refractivity contribution in [1.29, 1.82) is 0 Å². The first-order valence-corrected chi connectivity index (χ1v) is 8.85. The first-order valence-electron chi connectivity index (χ1n) is 3.29. The Bertz CT molecular complexity index is 148. The molecule has 0 fully saturated rings. The van der Waals surface area contributed by atoms with Gasteiger partial charge >= 0.3 is 0 Å². The normalized spacial score (nSPS) is 18.5. The zero-order valence-corrected chi connectivity index (χ0v) is 10.3. The van der Waals surface area contributed by atoms with Crippen LogP contribution in [0.15, 0.2) is 0 Å². The number of hydrogen-bond donors (Lipinski definition) is 1. The smallest absolute Gasteiger partial charge is 0.0545 e. The van der Waals surface area contributed by atoms with Crippen LogP contribution < -0.4 is 0 Å². The van der Waals surface area contributed by atoms with Crippen molar-refractivity contribution in [2.75, 3.05) is 6.16 Å². The molecule has 0 saturated carbocycles. The Morgan fingerprint density at radius 2 is 1.90 bits per heavy atom. The average Bonchev–Trinajstić information content (AvgIpc) is 1.60. The predicted molar refractivity (Wildman–Crippen MR) is 61.2 cm³/mol. The summed E-state index contributed by atoms with van der Waals surface area (Å²) in [5, 5.41) is 0. The van der Waals surface area contributed by atoms with Crippen LogP contribution in [0.25, 0.3) is 0 Å². The van der Waals surface area contributed by atoms with E-state index in [1.807, 2.05) is 11.4 Å². The highest BCUT2D eigenvalue weighted by atomic mass is 33.2. The van der Waals surface area contributed by atoms with Gasteiger partial charge in [0.2, 0.25) is 0 Å². The van der Waals surface area contributed by atoms with E-state index in [4.69, 9.17) is 11.8 Å². The van der Waals surface area contributed by atoms with Gasteiger partial charge in [-0.3, -0.25) is 0 Å². The maximum Gasteiger partial charge on any atom is 0.0545 e. The van der Waals surface area contributed by atoms with Gasteiger partial charge in [0.05, 0.1) is 4.44 Å². The topological polar surface area (TPSA) is 0 Å². The van der Waals surface area contributed by atoms with Gasteiger partial charge in [-0.15, -0.1) is 23.6 Å². The summed E-state index contributed by atoms with van der Waals surface area (Å²) >= 11 is 11.6. The summed E-state index contributed by atoms with van der Waals surface area (Å²) in [6, 6.07) is 0. The molecule has 0 saturated heterocycles. The van der Waals surface area contributed by atoms with E-state index >= 15 is 0 Å². The van der Waals surface area contributed by atoms with Gasteiger partial charge in [0.1, 0.15) is 0 Å². The summed E-state index contributed by atoms with van der Waals surface area (Å²) < 4.78 is -1.08. The van der Waals surface area contributed by atoms with Crippen LogP contribution in [0.3, 0.4) is 0 Å². The van der Waals surface area contributed by atoms with Gasteiger partial charge in [0.15, 0.2) is 0 Å². The lowest BCUT2D eigenvalue weighted by Gasteiger charge is -2.23. The van der Waals surface area contributed by atoms with E-state index in [9.17, 15) is 0 Å². The van der Waals surface area contributed by atoms with Crippen LogP contribution in [0.1, 0.15) is 27.7 Å². The second-order valence-corrected chi connectivity index (χ2v) is 15.1. The van der Waals surface area contributed by atoms with Crippen LogP contribution in [0.2, 0.25) is 0 Å². The van der Waals surface area contributed by atoms with Crippen LogP contribution >= 0.6 is 28.1 Å². The molecule has 0 heterocycles. The standard InChI is InChI=1S/C6H15PS3/c1-5-7(8,9)10-6(2,3)4/h5H2,1-4H3,(H,8,9). The zero-order valence-electron chi connectivity index (χ0n) is 6.92. The van der Waals surface area contributed by atoms with Crippen molar-refractivity contribution in [3.63, 3.8) is 0 Å². The molecule has 0 N–H and O–H groups in total. The third-order valence-corrected chi connectivity index (χ3v) is 8.75. The summed E-state index contributed by atoms with van der Waals surface area (Å²) in [6.45, 7) is 8.67. The second-order valence-electron chi connectivity index (χ2n) is 3.16. The molecular weight excluding hydrogens is 199 g/mol. The van der Waals surface area contributed by atoms with Crippen LogP contribution in [-0.4, -0.2) is 10.9 Å². The van der Waals surface area contributed by atoms with Crippen molar-refractivity contribution in [2.24, 2.45) is 0 Å². The Labute approximate surface area is 78.5 Å². The Balaban J connectivity index is 4.03. The Morgan fingerprint density at radius 3 is 2.00 bits per heavy atom. The molecule has 4 heteroatoms. The molecule has 0 aliphatic carbocycles. The Hall–Kier alpha value is 1.35. The quantitative estimate of drug-likeness (QED) is 0.549. The lowest BCUT2D eigenvalue weighted by Crippen LogP contribution is -2.05. The first kappa shape index (κ1) is 11.4. The van der Waals surface area contributed by atoms with Crippen molar-refractivity contribution in [2.45, 2.75) is 32.4 Å². The highest BCUT2D eigenvalue weighted by Gasteiger charge is 2.19. The molecule has 0 nitrogen and oxygen atoms in total. The summed E-state index contributed by atoms with van der Waals surface area (Å²) in [5.74, 6) is 0. The van der Waals surface area contributed by atoms with Crippen molar-refractivity contribution >= 4 is 39.9 Å². The highest BCUT2D eigenvalue weighted by Crippen LogP contribution is 2.66. The zero-order chi connectivity index (χ0) is 8.41. The summed E-state index contributed by atoms with van der Waals surface area (Å²) in [6.07, 6.45) is 1.04. The second kappa shape index (κ2) is 3.84. The maximum atomic E-state index is 5.33. The van der Waals surface area contributed by atoms with Gasteiger partial charge in [-0.1, -0.05) is 39.5 Å². The molecule has 1 atom stereocenters. The number of thiol groups is 1. The van der Waals surface area contributed by atoms with Gasteiger partial charge < -0.3 is 0 Å². The first-order chi connectivity index (χ1) is 4.27. The van der Waals surface area contributed by atoms with Crippen LogP contribution in [0, 0.1) is 0 Å². The Morgan fingerprint density at radius 1 is 1.50 bits per heavy atom. The molecule has 0 bridgehead atoms. The molecule has 0 spiro atoms. The maximum absolute atomic E-state index is 5.33. The van der Waals surface area contributed by atoms with Crippen LogP contribution in [-0.2, 0) is 11.8 Å². The van der Waals surface area contributed by atoms with E-state index in [0.29, 0.717) is 0 Å². The minimum atomic E-state index is -1.35. The monoisotopic (exact) mass is 214 g/mol. The van der Waals surface area contributed by atoms with Crippen LogP contribution in [0.4, 0.5) is 0 Å². The van der Waals surface area contributed by atoms with E-state index in [1.54, 1.807) is 0 Å². The van der Waals surface area contributed by atoms with Crippen LogP contribution in [0.5, 0.6) is 0 Å². The summed E-state index contributed by atoms with van der Waals surface area (Å²) in [4.78, 5) is 0. The molecule has 0 aromatic heterocycles. The molecule has 0 aromatic rings. The van der Waals surface area contributed by atoms with Crippen molar-refractivity contribution < 1.29 is 0 Å². The predicted octanol–water partition coefficient (Wildman–Crippen LogP) is 3.78. The van der Waals surface area contributed by atoms with Crippen molar-refractivity contribution in [1.82, 2.24) is 0 Å². The lowest BCUT2D eigenvalue weighted by molar-refractivity contribution is 0.810. The average molecular weight is 214 g/mol. The molecule has 10 heavy (non-hydrogen) atoms. The SMILES string of the molecule is CCP(=S)(S)SC(C)(C)C. The van der Waals surface area contributed by atoms with Gasteiger partial charge in [-0.2, -0.15) is 0 Å². The van der Waals surface area contributed by atoms with Crippen molar-refractivity contribution in [3.05, 3.63) is 0 Å². The number of hydrogen-bond acceptors (Lipinski definition) is 2. The van der Waals surface area contributed by atoms with Gasteiger partial charge in [0.25, 0.3) is 0 Å². The van der Waals surface area contributed by atoms with E-state index in [-0.39, 0.29) is 4.75 Å². The summed E-state index contributed by atoms with van der Waals surface area (Å²) in [7, 11) is 0. The van der Waals surface area contributed by atoms with E-state index < -0.39 is 4.44 Å². The molecule has 0 radical (unpaired) electrons. The fourth-order valence-corrected chi connectivity index (χ4v) is 8.65. The van der Waals surface area contributed by atoms with E-state index in [1.165, 1.54) is 0 Å². The van der Waals surface area contributed by atoms with Gasteiger partial charge in [0, 0.05) is 4.75 Å². The lowest BCUT2D eigenvalue weighted by atomic mass is 10.3. The fourth-order valence-electron chi connectivity index (χ4n) is 0.492. The van der Waals surface area contributed by atoms with E-state index in [0.717, 1.165) is 6.16 Å². The minimum absolute atomic E-state index is 0.271. The molecule has 0 amide bonds. The molecule has 0 rings (SSSR count). The summed E-state index contributed by atoms with van der Waals surface area (Å²) in [5.41, 5.74) is 0. The van der Waals surface area contributed by atoms with Crippen molar-refractivity contribution in [3.8, 4) is 0 Å². The third-order valence-electron chi connectivity index (χ3n) is 0.816. The molecule has 62 valence electrons. The molecule has 0 aliphatic rings. The highest BCUT2D eigenvalue weighted by molar-refractivity contribution is 8.96. The van der Waals surface area contributed by atoms with Gasteiger partial charge in [-0.25, -0.2) is 0 Å². The molecule has 1 unspecified atom stereocenters. The number of rotatable bonds is 2. The molecular formula is C6H15PS3.